The standard InChI is InChI=1S/C15H17ClN2O/c1-9(2)15-17-13(8-14(16)18-15)12-6-5-11(19-4)7-10(12)3/h5-9H,1-4H3. The van der Waals surface area contributed by atoms with Gasteiger partial charge in [-0.05, 0) is 30.7 Å². The van der Waals surface area contributed by atoms with Crippen molar-refractivity contribution in [2.24, 2.45) is 0 Å². The van der Waals surface area contributed by atoms with E-state index in [9.17, 15) is 0 Å². The SMILES string of the molecule is COc1ccc(-c2cc(Cl)nc(C(C)C)n2)c(C)c1. The van der Waals surface area contributed by atoms with E-state index in [0.29, 0.717) is 5.15 Å². The van der Waals surface area contributed by atoms with Gasteiger partial charge in [-0.2, -0.15) is 0 Å². The second-order valence-electron chi connectivity index (χ2n) is 4.77. The zero-order valence-corrected chi connectivity index (χ0v) is 12.3. The summed E-state index contributed by atoms with van der Waals surface area (Å²) in [6.45, 7) is 6.13. The van der Waals surface area contributed by atoms with Crippen molar-refractivity contribution in [3.8, 4) is 17.0 Å². The molecule has 0 aliphatic rings. The molecule has 100 valence electrons. The highest BCUT2D eigenvalue weighted by molar-refractivity contribution is 6.29. The number of hydrogen-bond donors (Lipinski definition) is 0. The second kappa shape index (κ2) is 5.57. The Bertz CT molecular complexity index is 597. The molecular weight excluding hydrogens is 260 g/mol. The smallest absolute Gasteiger partial charge is 0.133 e. The number of hydrogen-bond acceptors (Lipinski definition) is 3. The molecule has 1 heterocycles. The van der Waals surface area contributed by atoms with E-state index in [0.717, 1.165) is 28.4 Å². The first-order valence-corrected chi connectivity index (χ1v) is 6.58. The number of halogens is 1. The summed E-state index contributed by atoms with van der Waals surface area (Å²) in [5, 5.41) is 0.476. The minimum absolute atomic E-state index is 0.246. The lowest BCUT2D eigenvalue weighted by Gasteiger charge is -2.10. The van der Waals surface area contributed by atoms with Gasteiger partial charge in [0.05, 0.1) is 12.8 Å². The van der Waals surface area contributed by atoms with E-state index in [-0.39, 0.29) is 5.92 Å². The molecule has 0 spiro atoms. The highest BCUT2D eigenvalue weighted by Gasteiger charge is 2.10. The van der Waals surface area contributed by atoms with Gasteiger partial charge in [-0.3, -0.25) is 0 Å². The molecule has 0 aliphatic heterocycles. The molecule has 0 aliphatic carbocycles. The summed E-state index contributed by atoms with van der Waals surface area (Å²) in [4.78, 5) is 8.84. The predicted octanol–water partition coefficient (Wildman–Crippen LogP) is 4.24. The fourth-order valence-electron chi connectivity index (χ4n) is 1.88. The van der Waals surface area contributed by atoms with Gasteiger partial charge in [0, 0.05) is 17.5 Å². The molecule has 0 saturated heterocycles. The molecule has 0 fully saturated rings. The monoisotopic (exact) mass is 276 g/mol. The third-order valence-corrected chi connectivity index (χ3v) is 3.13. The summed E-state index contributed by atoms with van der Waals surface area (Å²) in [5.74, 6) is 1.85. The van der Waals surface area contributed by atoms with E-state index in [2.05, 4.69) is 23.8 Å². The van der Waals surface area contributed by atoms with Crippen molar-refractivity contribution in [1.82, 2.24) is 9.97 Å². The molecule has 2 aromatic rings. The Morgan fingerprint density at radius 2 is 1.89 bits per heavy atom. The van der Waals surface area contributed by atoms with Gasteiger partial charge in [0.25, 0.3) is 0 Å². The Morgan fingerprint density at radius 3 is 2.47 bits per heavy atom. The number of rotatable bonds is 3. The van der Waals surface area contributed by atoms with Crippen LogP contribution in [0.1, 0.15) is 31.2 Å². The van der Waals surface area contributed by atoms with Crippen LogP contribution < -0.4 is 4.74 Å². The van der Waals surface area contributed by atoms with Crippen molar-refractivity contribution in [2.75, 3.05) is 7.11 Å². The zero-order valence-electron chi connectivity index (χ0n) is 11.6. The number of methoxy groups -OCH3 is 1. The second-order valence-corrected chi connectivity index (χ2v) is 5.16. The quantitative estimate of drug-likeness (QED) is 0.787. The first-order chi connectivity index (χ1) is 9.01. The molecule has 0 N–H and O–H groups in total. The van der Waals surface area contributed by atoms with Crippen molar-refractivity contribution in [1.29, 1.82) is 0 Å². The van der Waals surface area contributed by atoms with Crippen LogP contribution in [0.3, 0.4) is 0 Å². The van der Waals surface area contributed by atoms with E-state index in [1.165, 1.54) is 0 Å². The molecule has 19 heavy (non-hydrogen) atoms. The van der Waals surface area contributed by atoms with Gasteiger partial charge in [0.2, 0.25) is 0 Å². The fraction of sp³-hybridized carbons (Fsp3) is 0.333. The Hall–Kier alpha value is -1.61. The number of aryl methyl sites for hydroxylation is 1. The van der Waals surface area contributed by atoms with Gasteiger partial charge in [0.15, 0.2) is 0 Å². The van der Waals surface area contributed by atoms with E-state index >= 15 is 0 Å². The molecule has 0 saturated carbocycles. The maximum atomic E-state index is 6.08. The maximum absolute atomic E-state index is 6.08. The molecule has 0 amide bonds. The Kier molecular flexibility index (Phi) is 4.05. The van der Waals surface area contributed by atoms with Gasteiger partial charge in [-0.1, -0.05) is 25.4 Å². The van der Waals surface area contributed by atoms with Crippen LogP contribution in [0.25, 0.3) is 11.3 Å². The summed E-state index contributed by atoms with van der Waals surface area (Å²) in [6, 6.07) is 7.70. The van der Waals surface area contributed by atoms with Crippen LogP contribution in [0, 0.1) is 6.92 Å². The van der Waals surface area contributed by atoms with Gasteiger partial charge in [-0.15, -0.1) is 0 Å². The average molecular weight is 277 g/mol. The lowest BCUT2D eigenvalue weighted by atomic mass is 10.0. The van der Waals surface area contributed by atoms with Crippen LogP contribution in [-0.2, 0) is 0 Å². The molecule has 0 atom stereocenters. The summed E-state index contributed by atoms with van der Waals surface area (Å²) in [5.41, 5.74) is 3.00. The minimum Gasteiger partial charge on any atom is -0.497 e. The molecule has 1 aromatic heterocycles. The van der Waals surface area contributed by atoms with Crippen LogP contribution in [0.15, 0.2) is 24.3 Å². The number of ether oxygens (including phenoxy) is 1. The zero-order chi connectivity index (χ0) is 14.0. The first-order valence-electron chi connectivity index (χ1n) is 6.20. The summed E-state index contributed by atoms with van der Waals surface area (Å²) < 4.78 is 5.21. The van der Waals surface area contributed by atoms with Crippen LogP contribution in [0.5, 0.6) is 5.75 Å². The van der Waals surface area contributed by atoms with E-state index in [4.69, 9.17) is 16.3 Å². The third-order valence-electron chi connectivity index (χ3n) is 2.94. The molecule has 2 rings (SSSR count). The summed E-state index contributed by atoms with van der Waals surface area (Å²) in [7, 11) is 1.66. The fourth-order valence-corrected chi connectivity index (χ4v) is 2.07. The molecule has 0 radical (unpaired) electrons. The molecule has 0 unspecified atom stereocenters. The van der Waals surface area contributed by atoms with Gasteiger partial charge >= 0.3 is 0 Å². The Balaban J connectivity index is 2.52. The van der Waals surface area contributed by atoms with E-state index in [1.807, 2.05) is 25.1 Å². The number of nitrogens with zero attached hydrogens (tertiary/aromatic N) is 2. The highest BCUT2D eigenvalue weighted by Crippen LogP contribution is 2.27. The lowest BCUT2D eigenvalue weighted by Crippen LogP contribution is -2.00. The lowest BCUT2D eigenvalue weighted by molar-refractivity contribution is 0.414. The van der Waals surface area contributed by atoms with Crippen LogP contribution >= 0.6 is 11.6 Å². The average Bonchev–Trinajstić information content (AvgIpc) is 2.37. The van der Waals surface area contributed by atoms with Gasteiger partial charge in [-0.25, -0.2) is 9.97 Å². The summed E-state index contributed by atoms with van der Waals surface area (Å²) >= 11 is 6.08. The molecule has 0 bridgehead atoms. The predicted molar refractivity (Wildman–Crippen MR) is 77.9 cm³/mol. The molecule has 4 heteroatoms. The van der Waals surface area contributed by atoms with E-state index in [1.54, 1.807) is 13.2 Å². The molecule has 3 nitrogen and oxygen atoms in total. The topological polar surface area (TPSA) is 35.0 Å². The number of aromatic nitrogens is 2. The summed E-state index contributed by atoms with van der Waals surface area (Å²) in [6.07, 6.45) is 0. The van der Waals surface area contributed by atoms with Gasteiger partial charge < -0.3 is 4.74 Å². The van der Waals surface area contributed by atoms with E-state index < -0.39 is 0 Å². The third kappa shape index (κ3) is 3.04. The van der Waals surface area contributed by atoms with Gasteiger partial charge in [0.1, 0.15) is 16.7 Å². The Morgan fingerprint density at radius 1 is 1.16 bits per heavy atom. The first kappa shape index (κ1) is 13.8. The van der Waals surface area contributed by atoms with Crippen LogP contribution in [0.4, 0.5) is 0 Å². The molecule has 1 aromatic carbocycles. The molecular formula is C15H17ClN2O. The normalized spacial score (nSPS) is 10.8. The van der Waals surface area contributed by atoms with Crippen LogP contribution in [0.2, 0.25) is 5.15 Å². The van der Waals surface area contributed by atoms with Crippen molar-refractivity contribution in [3.63, 3.8) is 0 Å². The Labute approximate surface area is 118 Å². The van der Waals surface area contributed by atoms with Crippen molar-refractivity contribution in [2.45, 2.75) is 26.7 Å². The highest BCUT2D eigenvalue weighted by atomic mass is 35.5. The maximum Gasteiger partial charge on any atom is 0.133 e. The van der Waals surface area contributed by atoms with Crippen molar-refractivity contribution < 1.29 is 4.74 Å². The largest absolute Gasteiger partial charge is 0.497 e. The van der Waals surface area contributed by atoms with Crippen LogP contribution in [-0.4, -0.2) is 17.1 Å². The minimum atomic E-state index is 0.246. The van der Waals surface area contributed by atoms with Crippen molar-refractivity contribution >= 4 is 11.6 Å². The number of benzene rings is 1. The van der Waals surface area contributed by atoms with Crippen molar-refractivity contribution in [3.05, 3.63) is 40.8 Å².